The van der Waals surface area contributed by atoms with Crippen LogP contribution in [0, 0.1) is 6.92 Å². The minimum Gasteiger partial charge on any atom is -0.481 e. The second-order valence-electron chi connectivity index (χ2n) is 10.2. The van der Waals surface area contributed by atoms with Crippen molar-refractivity contribution in [1.82, 2.24) is 5.32 Å². The van der Waals surface area contributed by atoms with Gasteiger partial charge in [-0.1, -0.05) is 37.3 Å². The first-order valence-electron chi connectivity index (χ1n) is 12.0. The van der Waals surface area contributed by atoms with Crippen LogP contribution >= 0.6 is 12.6 Å². The summed E-state index contributed by atoms with van der Waals surface area (Å²) in [5, 5.41) is 12.2. The molecule has 192 valence electrons. The van der Waals surface area contributed by atoms with Gasteiger partial charge in [0, 0.05) is 17.0 Å². The summed E-state index contributed by atoms with van der Waals surface area (Å²) in [5.41, 5.74) is 4.07. The molecule has 6 nitrogen and oxygen atoms in total. The highest BCUT2D eigenvalue weighted by atomic mass is 32.1. The molecule has 0 saturated heterocycles. The monoisotopic (exact) mass is 509 g/mol. The molecule has 0 aromatic heterocycles. The van der Waals surface area contributed by atoms with Gasteiger partial charge in [0.1, 0.15) is 11.4 Å². The van der Waals surface area contributed by atoms with Crippen LogP contribution in [0.4, 0.5) is 4.79 Å². The van der Waals surface area contributed by atoms with Gasteiger partial charge in [0.15, 0.2) is 5.60 Å². The van der Waals surface area contributed by atoms with E-state index in [1.54, 1.807) is 6.07 Å². The Morgan fingerprint density at radius 2 is 1.86 bits per heavy atom. The van der Waals surface area contributed by atoms with Crippen molar-refractivity contribution >= 4 is 30.3 Å². The second-order valence-corrected chi connectivity index (χ2v) is 10.6. The van der Waals surface area contributed by atoms with Crippen LogP contribution in [0.5, 0.6) is 5.75 Å². The summed E-state index contributed by atoms with van der Waals surface area (Å²) < 4.78 is 11.9. The maximum absolute atomic E-state index is 12.1. The van der Waals surface area contributed by atoms with Gasteiger partial charge in [-0.05, 0) is 87.1 Å². The molecule has 3 rings (SSSR count). The Hall–Kier alpha value is -3.19. The Labute approximate surface area is 218 Å². The molecule has 1 aliphatic rings. The largest absolute Gasteiger partial charge is 0.481 e. The van der Waals surface area contributed by atoms with Crippen LogP contribution in [0.1, 0.15) is 63.3 Å². The summed E-state index contributed by atoms with van der Waals surface area (Å²) in [6.07, 6.45) is 2.24. The first kappa shape index (κ1) is 27.4. The number of hydrogen-bond acceptors (Lipinski definition) is 5. The van der Waals surface area contributed by atoms with Crippen LogP contribution in [0.3, 0.4) is 0 Å². The first-order valence-corrected chi connectivity index (χ1v) is 12.5. The summed E-state index contributed by atoms with van der Waals surface area (Å²) in [6.45, 7) is 11.8. The molecule has 7 heteroatoms. The second kappa shape index (κ2) is 10.8. The van der Waals surface area contributed by atoms with Crippen molar-refractivity contribution in [3.05, 3.63) is 81.3 Å². The summed E-state index contributed by atoms with van der Waals surface area (Å²) in [7, 11) is 0. The minimum absolute atomic E-state index is 0.123. The normalized spacial score (nSPS) is 17.6. The number of hydrogen-bond donors (Lipinski definition) is 3. The Morgan fingerprint density at radius 3 is 2.50 bits per heavy atom. The highest BCUT2D eigenvalue weighted by Gasteiger charge is 2.40. The molecule has 36 heavy (non-hydrogen) atoms. The van der Waals surface area contributed by atoms with Crippen molar-refractivity contribution in [2.45, 2.75) is 72.1 Å². The molecular formula is C29H35NO5S. The van der Waals surface area contributed by atoms with Crippen LogP contribution in [0.15, 0.2) is 59.0 Å². The number of thiol groups is 1. The highest BCUT2D eigenvalue weighted by molar-refractivity contribution is 7.85. The Kier molecular flexibility index (Phi) is 8.24. The van der Waals surface area contributed by atoms with Crippen molar-refractivity contribution in [3.8, 4) is 5.75 Å². The van der Waals surface area contributed by atoms with Crippen LogP contribution in [0.25, 0.3) is 5.57 Å². The zero-order valence-corrected chi connectivity index (χ0v) is 22.7. The smallest absolute Gasteiger partial charge is 0.407 e. The Bertz CT molecular complexity index is 1220. The molecule has 0 bridgehead atoms. The van der Waals surface area contributed by atoms with Gasteiger partial charge in [-0.25, -0.2) is 4.79 Å². The van der Waals surface area contributed by atoms with Gasteiger partial charge in [0.2, 0.25) is 0 Å². The number of rotatable bonds is 8. The van der Waals surface area contributed by atoms with Crippen molar-refractivity contribution in [2.75, 3.05) is 0 Å². The summed E-state index contributed by atoms with van der Waals surface area (Å²) in [4.78, 5) is 24.2. The van der Waals surface area contributed by atoms with Gasteiger partial charge >= 0.3 is 12.1 Å². The zero-order valence-electron chi connectivity index (χ0n) is 21.8. The number of carbonyl (C=O) groups is 2. The van der Waals surface area contributed by atoms with E-state index in [1.807, 2.05) is 71.0 Å². The average molecular weight is 510 g/mol. The van der Waals surface area contributed by atoms with Gasteiger partial charge in [-0.2, -0.15) is 0 Å². The van der Waals surface area contributed by atoms with Crippen molar-refractivity contribution < 1.29 is 24.2 Å². The maximum atomic E-state index is 12.1. The molecule has 2 N–H and O–H groups in total. The fourth-order valence-corrected chi connectivity index (χ4v) is 4.57. The van der Waals surface area contributed by atoms with Crippen molar-refractivity contribution in [1.29, 1.82) is 0 Å². The number of aliphatic carboxylic acids is 1. The lowest BCUT2D eigenvalue weighted by molar-refractivity contribution is -0.136. The van der Waals surface area contributed by atoms with Gasteiger partial charge in [-0.15, -0.1) is 12.6 Å². The number of carbonyl (C=O) groups excluding carboxylic acids is 1. The van der Waals surface area contributed by atoms with E-state index >= 15 is 0 Å². The average Bonchev–Trinajstić information content (AvgIpc) is 3.03. The predicted molar refractivity (Wildman–Crippen MR) is 145 cm³/mol. The number of ether oxygens (including phenoxy) is 2. The molecule has 2 aromatic carbocycles. The van der Waals surface area contributed by atoms with Crippen LogP contribution < -0.4 is 10.1 Å². The van der Waals surface area contributed by atoms with Gasteiger partial charge < -0.3 is 19.9 Å². The SMILES string of the molecule is CCC1=CC(c2cccc(CNC(=O)OC(C)(C)C)c2)=C(S)C1(C)Oc1cc(C)ccc1CC(=O)O. The van der Waals surface area contributed by atoms with E-state index in [1.165, 1.54) is 0 Å². The van der Waals surface area contributed by atoms with E-state index in [9.17, 15) is 14.7 Å². The summed E-state index contributed by atoms with van der Waals surface area (Å²) in [5.74, 6) is -0.368. The standard InChI is InChI=1S/C29H35NO5S/c1-7-22-16-23(20-10-8-9-19(14-20)17-30-27(33)35-28(3,4)5)26(36)29(22,6)34-24-13-18(2)11-12-21(24)15-25(31)32/h8-14,16,36H,7,15,17H2,1-6H3,(H,30,33)(H,31,32). The third kappa shape index (κ3) is 6.52. The zero-order chi connectivity index (χ0) is 26.7. The van der Waals surface area contributed by atoms with Gasteiger partial charge in [0.25, 0.3) is 0 Å². The van der Waals surface area contributed by atoms with E-state index in [2.05, 4.69) is 18.3 Å². The predicted octanol–water partition coefficient (Wildman–Crippen LogP) is 6.48. The van der Waals surface area contributed by atoms with Crippen LogP contribution in [-0.4, -0.2) is 28.4 Å². The summed E-state index contributed by atoms with van der Waals surface area (Å²) in [6, 6.07) is 13.5. The Morgan fingerprint density at radius 1 is 1.14 bits per heavy atom. The lowest BCUT2D eigenvalue weighted by atomic mass is 9.96. The molecule has 2 aromatic rings. The van der Waals surface area contributed by atoms with Crippen molar-refractivity contribution in [2.24, 2.45) is 0 Å². The molecule has 0 saturated carbocycles. The molecule has 1 aliphatic carbocycles. The molecule has 0 heterocycles. The third-order valence-corrected chi connectivity index (χ3v) is 6.64. The lowest BCUT2D eigenvalue weighted by Gasteiger charge is -2.32. The Balaban J connectivity index is 1.90. The number of carboxylic acids is 1. The van der Waals surface area contributed by atoms with Gasteiger partial charge in [-0.3, -0.25) is 4.79 Å². The highest BCUT2D eigenvalue weighted by Crippen LogP contribution is 2.46. The third-order valence-electron chi connectivity index (χ3n) is 5.97. The topological polar surface area (TPSA) is 84.9 Å². The number of allylic oxidation sites excluding steroid dienone is 2. The number of aryl methyl sites for hydroxylation is 1. The summed E-state index contributed by atoms with van der Waals surface area (Å²) >= 11 is 4.92. The fraction of sp³-hybridized carbons (Fsp3) is 0.379. The number of carboxylic acid groups (broad SMARTS) is 1. The van der Waals surface area contributed by atoms with Gasteiger partial charge in [0.05, 0.1) is 6.42 Å². The number of nitrogens with one attached hydrogen (secondary N) is 1. The quantitative estimate of drug-likeness (QED) is 0.355. The number of amides is 1. The lowest BCUT2D eigenvalue weighted by Crippen LogP contribution is -2.34. The van der Waals surface area contributed by atoms with Crippen LogP contribution in [-0.2, 0) is 22.5 Å². The molecule has 0 fully saturated rings. The molecular weight excluding hydrogens is 474 g/mol. The molecule has 0 aliphatic heterocycles. The van der Waals surface area contributed by atoms with E-state index < -0.39 is 23.3 Å². The van der Waals surface area contributed by atoms with Crippen molar-refractivity contribution in [3.63, 3.8) is 0 Å². The molecule has 1 atom stereocenters. The number of benzene rings is 2. The maximum Gasteiger partial charge on any atom is 0.407 e. The van der Waals surface area contributed by atoms with E-state index in [0.29, 0.717) is 17.9 Å². The number of alkyl carbamates (subject to hydrolysis) is 1. The first-order chi connectivity index (χ1) is 16.8. The van der Waals surface area contributed by atoms with E-state index in [-0.39, 0.29) is 6.42 Å². The molecule has 0 radical (unpaired) electrons. The van der Waals surface area contributed by atoms with E-state index in [4.69, 9.17) is 22.1 Å². The molecule has 1 amide bonds. The van der Waals surface area contributed by atoms with E-state index in [0.717, 1.165) is 39.2 Å². The van der Waals surface area contributed by atoms with Crippen LogP contribution in [0.2, 0.25) is 0 Å². The molecule has 0 spiro atoms. The fourth-order valence-electron chi connectivity index (χ4n) is 4.19. The molecule has 1 unspecified atom stereocenters. The minimum atomic E-state index is -0.911.